The maximum atomic E-state index is 6.03. The van der Waals surface area contributed by atoms with Gasteiger partial charge in [-0.1, -0.05) is 23.2 Å². The highest BCUT2D eigenvalue weighted by Crippen LogP contribution is 2.40. The van der Waals surface area contributed by atoms with Gasteiger partial charge in [0.15, 0.2) is 5.82 Å². The van der Waals surface area contributed by atoms with Crippen molar-refractivity contribution < 1.29 is 0 Å². The molecule has 1 aromatic heterocycles. The van der Waals surface area contributed by atoms with Gasteiger partial charge in [-0.15, -0.1) is 0 Å². The average molecular weight is 265 g/mol. The van der Waals surface area contributed by atoms with E-state index in [-0.39, 0.29) is 0 Å². The summed E-state index contributed by atoms with van der Waals surface area (Å²) in [7, 11) is 0. The molecule has 0 atom stereocenters. The summed E-state index contributed by atoms with van der Waals surface area (Å²) >= 11 is 11.9. The fraction of sp³-hybridized carbons (Fsp3) is 0.231. The number of rotatable bonds is 2. The predicted molar refractivity (Wildman–Crippen MR) is 69.5 cm³/mol. The molecule has 1 fully saturated rings. The zero-order chi connectivity index (χ0) is 11.8. The van der Waals surface area contributed by atoms with Gasteiger partial charge in [-0.05, 0) is 43.2 Å². The lowest BCUT2D eigenvalue weighted by Crippen LogP contribution is -1.94. The Morgan fingerprint density at radius 2 is 1.71 bits per heavy atom. The molecular weight excluding hydrogens is 255 g/mol. The molecule has 4 heteroatoms. The summed E-state index contributed by atoms with van der Waals surface area (Å²) in [5, 5.41) is 1.21. The van der Waals surface area contributed by atoms with Crippen molar-refractivity contribution in [3.8, 4) is 11.4 Å². The molecule has 0 saturated heterocycles. The number of benzene rings is 1. The molecule has 2 aromatic rings. The third kappa shape index (κ3) is 2.43. The van der Waals surface area contributed by atoms with Crippen LogP contribution in [0.15, 0.2) is 30.3 Å². The van der Waals surface area contributed by atoms with Crippen molar-refractivity contribution in [2.24, 2.45) is 0 Å². The van der Waals surface area contributed by atoms with Crippen LogP contribution in [0.1, 0.15) is 24.5 Å². The molecule has 0 unspecified atom stereocenters. The van der Waals surface area contributed by atoms with Crippen molar-refractivity contribution in [3.63, 3.8) is 0 Å². The SMILES string of the molecule is Clc1ccc(-c2nc(Cl)cc(C3CC3)n2)cc1. The van der Waals surface area contributed by atoms with E-state index in [9.17, 15) is 0 Å². The molecule has 1 aliphatic rings. The summed E-state index contributed by atoms with van der Waals surface area (Å²) in [6.45, 7) is 0. The van der Waals surface area contributed by atoms with E-state index in [2.05, 4.69) is 9.97 Å². The Bertz CT molecular complexity index is 548. The van der Waals surface area contributed by atoms with Crippen LogP contribution in [0.5, 0.6) is 0 Å². The number of halogens is 2. The van der Waals surface area contributed by atoms with Gasteiger partial charge in [0.2, 0.25) is 0 Å². The van der Waals surface area contributed by atoms with Crippen LogP contribution < -0.4 is 0 Å². The largest absolute Gasteiger partial charge is 0.233 e. The van der Waals surface area contributed by atoms with Crippen LogP contribution in [0.3, 0.4) is 0 Å². The normalized spacial score (nSPS) is 14.9. The highest BCUT2D eigenvalue weighted by atomic mass is 35.5. The van der Waals surface area contributed by atoms with Gasteiger partial charge < -0.3 is 0 Å². The molecule has 1 aliphatic carbocycles. The van der Waals surface area contributed by atoms with Crippen molar-refractivity contribution in [2.75, 3.05) is 0 Å². The first-order chi connectivity index (χ1) is 8.22. The average Bonchev–Trinajstić information content (AvgIpc) is 3.13. The van der Waals surface area contributed by atoms with E-state index in [1.807, 2.05) is 30.3 Å². The first-order valence-electron chi connectivity index (χ1n) is 5.53. The Labute approximate surface area is 110 Å². The summed E-state index contributed by atoms with van der Waals surface area (Å²) in [5.74, 6) is 1.25. The Hall–Kier alpha value is -1.12. The van der Waals surface area contributed by atoms with Crippen molar-refractivity contribution in [2.45, 2.75) is 18.8 Å². The van der Waals surface area contributed by atoms with Crippen LogP contribution in [0.4, 0.5) is 0 Å². The number of nitrogens with zero attached hydrogens (tertiary/aromatic N) is 2. The smallest absolute Gasteiger partial charge is 0.161 e. The van der Waals surface area contributed by atoms with E-state index < -0.39 is 0 Å². The molecule has 0 amide bonds. The highest BCUT2D eigenvalue weighted by molar-refractivity contribution is 6.30. The molecule has 1 aromatic carbocycles. The molecule has 0 radical (unpaired) electrons. The number of hydrogen-bond donors (Lipinski definition) is 0. The molecule has 1 saturated carbocycles. The summed E-state index contributed by atoms with van der Waals surface area (Å²) in [6, 6.07) is 9.34. The van der Waals surface area contributed by atoms with Gasteiger partial charge in [-0.2, -0.15) is 0 Å². The first-order valence-corrected chi connectivity index (χ1v) is 6.28. The Balaban J connectivity index is 2.04. The molecule has 0 N–H and O–H groups in total. The lowest BCUT2D eigenvalue weighted by atomic mass is 10.2. The van der Waals surface area contributed by atoms with Gasteiger partial charge in [0.1, 0.15) is 5.15 Å². The minimum Gasteiger partial charge on any atom is -0.233 e. The summed E-state index contributed by atoms with van der Waals surface area (Å²) in [6.07, 6.45) is 2.40. The summed E-state index contributed by atoms with van der Waals surface area (Å²) in [4.78, 5) is 8.81. The Kier molecular flexibility index (Phi) is 2.77. The minimum absolute atomic E-state index is 0.506. The zero-order valence-corrected chi connectivity index (χ0v) is 10.5. The van der Waals surface area contributed by atoms with Crippen LogP contribution in [0, 0.1) is 0 Å². The fourth-order valence-corrected chi connectivity index (χ4v) is 2.07. The third-order valence-corrected chi connectivity index (χ3v) is 3.26. The van der Waals surface area contributed by atoms with Gasteiger partial charge >= 0.3 is 0 Å². The predicted octanol–water partition coefficient (Wildman–Crippen LogP) is 4.33. The molecule has 2 nitrogen and oxygen atoms in total. The molecule has 1 heterocycles. The van der Waals surface area contributed by atoms with Crippen molar-refractivity contribution >= 4 is 23.2 Å². The van der Waals surface area contributed by atoms with E-state index in [0.29, 0.717) is 21.9 Å². The zero-order valence-electron chi connectivity index (χ0n) is 9.03. The second-order valence-electron chi connectivity index (χ2n) is 4.22. The lowest BCUT2D eigenvalue weighted by molar-refractivity contribution is 0.994. The molecule has 86 valence electrons. The van der Waals surface area contributed by atoms with E-state index in [0.717, 1.165) is 11.3 Å². The van der Waals surface area contributed by atoms with E-state index in [1.54, 1.807) is 0 Å². The monoisotopic (exact) mass is 264 g/mol. The second-order valence-corrected chi connectivity index (χ2v) is 5.04. The van der Waals surface area contributed by atoms with Crippen molar-refractivity contribution in [1.29, 1.82) is 0 Å². The standard InChI is InChI=1S/C13H10Cl2N2/c14-10-5-3-9(4-6-10)13-16-11(8-1-2-8)7-12(15)17-13/h3-8H,1-2H2. The molecule has 0 aliphatic heterocycles. The molecule has 0 spiro atoms. The minimum atomic E-state index is 0.506. The van der Waals surface area contributed by atoms with Crippen LogP contribution >= 0.6 is 23.2 Å². The molecular formula is C13H10Cl2N2. The molecule has 3 rings (SSSR count). The van der Waals surface area contributed by atoms with Crippen LogP contribution in [0.25, 0.3) is 11.4 Å². The fourth-order valence-electron chi connectivity index (χ4n) is 1.75. The van der Waals surface area contributed by atoms with E-state index in [1.165, 1.54) is 12.8 Å². The Morgan fingerprint density at radius 3 is 2.35 bits per heavy atom. The van der Waals surface area contributed by atoms with Gasteiger partial charge in [-0.3, -0.25) is 0 Å². The maximum absolute atomic E-state index is 6.03. The highest BCUT2D eigenvalue weighted by Gasteiger charge is 2.26. The summed E-state index contributed by atoms with van der Waals surface area (Å²) < 4.78 is 0. The van der Waals surface area contributed by atoms with Gasteiger partial charge in [-0.25, -0.2) is 9.97 Å². The second kappa shape index (κ2) is 4.28. The Morgan fingerprint density at radius 1 is 1.00 bits per heavy atom. The third-order valence-electron chi connectivity index (χ3n) is 2.81. The van der Waals surface area contributed by atoms with Gasteiger partial charge in [0.25, 0.3) is 0 Å². The van der Waals surface area contributed by atoms with Crippen LogP contribution in [0.2, 0.25) is 10.2 Å². The van der Waals surface area contributed by atoms with Crippen molar-refractivity contribution in [1.82, 2.24) is 9.97 Å². The van der Waals surface area contributed by atoms with Gasteiger partial charge in [0, 0.05) is 22.2 Å². The lowest BCUT2D eigenvalue weighted by Gasteiger charge is -2.04. The van der Waals surface area contributed by atoms with E-state index in [4.69, 9.17) is 23.2 Å². The van der Waals surface area contributed by atoms with Crippen LogP contribution in [-0.2, 0) is 0 Å². The van der Waals surface area contributed by atoms with Crippen LogP contribution in [-0.4, -0.2) is 9.97 Å². The quantitative estimate of drug-likeness (QED) is 0.755. The van der Waals surface area contributed by atoms with Gasteiger partial charge in [0.05, 0.1) is 0 Å². The number of aromatic nitrogens is 2. The van der Waals surface area contributed by atoms with Crippen molar-refractivity contribution in [3.05, 3.63) is 46.2 Å². The number of hydrogen-bond acceptors (Lipinski definition) is 2. The molecule has 17 heavy (non-hydrogen) atoms. The van der Waals surface area contributed by atoms with E-state index >= 15 is 0 Å². The maximum Gasteiger partial charge on any atom is 0.161 e. The topological polar surface area (TPSA) is 25.8 Å². The first kappa shape index (κ1) is 11.0. The molecule has 0 bridgehead atoms. The summed E-state index contributed by atoms with van der Waals surface area (Å²) in [5.41, 5.74) is 1.99.